The van der Waals surface area contributed by atoms with E-state index in [1.807, 2.05) is 47.0 Å². The van der Waals surface area contributed by atoms with Gasteiger partial charge in [-0.3, -0.25) is 19.3 Å². The lowest BCUT2D eigenvalue weighted by Crippen LogP contribution is -2.21. The van der Waals surface area contributed by atoms with Crippen LogP contribution in [0.5, 0.6) is 5.75 Å². The quantitative estimate of drug-likeness (QED) is 0.430. The van der Waals surface area contributed by atoms with Gasteiger partial charge in [-0.1, -0.05) is 48.5 Å². The number of rotatable bonds is 6. The number of benzene rings is 3. The first-order valence-corrected chi connectivity index (χ1v) is 12.5. The molecule has 1 fully saturated rings. The molecule has 1 saturated heterocycles. The average molecular weight is 493 g/mol. The van der Waals surface area contributed by atoms with Crippen LogP contribution in [0.1, 0.15) is 39.8 Å². The van der Waals surface area contributed by atoms with Crippen LogP contribution in [0.4, 0.5) is 0 Å². The molecule has 0 saturated carbocycles. The number of ketones is 1. The average Bonchev–Trinajstić information content (AvgIpc) is 3.56. The number of nitrogens with zero attached hydrogens (tertiary/aromatic N) is 4. The summed E-state index contributed by atoms with van der Waals surface area (Å²) < 4.78 is 7.07. The highest BCUT2D eigenvalue weighted by Gasteiger charge is 2.31. The Labute approximate surface area is 215 Å². The molecular formula is C30H28N4O3. The molecule has 37 heavy (non-hydrogen) atoms. The predicted octanol–water partition coefficient (Wildman–Crippen LogP) is 4.47. The molecule has 2 atom stereocenters. The number of β-amino-alcohol motifs (C(OH)–C–C–N with tert-alkyl or cyclic N) is 1. The van der Waals surface area contributed by atoms with E-state index in [4.69, 9.17) is 4.74 Å². The third-order valence-electron chi connectivity index (χ3n) is 7.17. The van der Waals surface area contributed by atoms with Crippen molar-refractivity contribution in [3.63, 3.8) is 0 Å². The molecule has 0 amide bonds. The van der Waals surface area contributed by atoms with Gasteiger partial charge in [-0.25, -0.2) is 4.98 Å². The summed E-state index contributed by atoms with van der Waals surface area (Å²) in [6, 6.07) is 23.4. The Balaban J connectivity index is 1.25. The Morgan fingerprint density at radius 1 is 1.03 bits per heavy atom. The van der Waals surface area contributed by atoms with E-state index in [2.05, 4.69) is 45.2 Å². The normalized spacial score (nSPS) is 19.2. The number of aliphatic hydroxyl groups excluding tert-OH is 1. The van der Waals surface area contributed by atoms with Gasteiger partial charge in [-0.05, 0) is 52.9 Å². The summed E-state index contributed by atoms with van der Waals surface area (Å²) in [5.41, 5.74) is 6.28. The van der Waals surface area contributed by atoms with E-state index in [1.54, 1.807) is 19.7 Å². The second-order valence-corrected chi connectivity index (χ2v) is 9.55. The smallest absolute Gasteiger partial charge is 0.210 e. The first kappa shape index (κ1) is 23.3. The van der Waals surface area contributed by atoms with Crippen LogP contribution in [-0.2, 0) is 6.54 Å². The van der Waals surface area contributed by atoms with Crippen LogP contribution in [0.15, 0.2) is 84.1 Å². The maximum absolute atomic E-state index is 13.6. The summed E-state index contributed by atoms with van der Waals surface area (Å²) >= 11 is 0. The second-order valence-electron chi connectivity index (χ2n) is 9.55. The molecule has 1 aromatic heterocycles. The summed E-state index contributed by atoms with van der Waals surface area (Å²) in [7, 11) is 1.63. The fourth-order valence-corrected chi connectivity index (χ4v) is 5.20. The van der Waals surface area contributed by atoms with Gasteiger partial charge in [0.2, 0.25) is 5.78 Å². The molecule has 3 aromatic carbocycles. The fourth-order valence-electron chi connectivity index (χ4n) is 5.20. The van der Waals surface area contributed by atoms with Crippen molar-refractivity contribution in [1.82, 2.24) is 14.5 Å². The van der Waals surface area contributed by atoms with Gasteiger partial charge >= 0.3 is 0 Å². The van der Waals surface area contributed by atoms with Crippen molar-refractivity contribution >= 4 is 12.0 Å². The molecule has 0 aliphatic carbocycles. The SMILES string of the molecule is COc1ccc(-n2cnc3c2C(=O)C(c2ccc(-c4ccccc4CN4CC[C@@H](O)C4)cc2)N=C3)cc1. The van der Waals surface area contributed by atoms with Gasteiger partial charge < -0.3 is 9.84 Å². The van der Waals surface area contributed by atoms with Crippen LogP contribution in [0, 0.1) is 0 Å². The van der Waals surface area contributed by atoms with Crippen LogP contribution in [0.2, 0.25) is 0 Å². The van der Waals surface area contributed by atoms with E-state index in [-0.39, 0.29) is 11.9 Å². The lowest BCUT2D eigenvalue weighted by atomic mass is 9.94. The predicted molar refractivity (Wildman–Crippen MR) is 143 cm³/mol. The number of hydrogen-bond acceptors (Lipinski definition) is 6. The number of aromatic nitrogens is 2. The Morgan fingerprint density at radius 2 is 1.81 bits per heavy atom. The van der Waals surface area contributed by atoms with Gasteiger partial charge in [0.05, 0.1) is 19.4 Å². The standard InChI is InChI=1S/C30H28N4O3/c1-37-25-12-10-23(11-13-25)34-19-32-27-16-31-28(30(36)29(27)34)21-8-6-20(7-9-21)26-5-3-2-4-22(26)17-33-15-14-24(35)18-33/h2-13,16,19,24,28,35H,14-15,17-18H2,1H3/t24-,28?/m1/s1. The molecule has 0 radical (unpaired) electrons. The second kappa shape index (κ2) is 9.76. The molecule has 3 heterocycles. The first-order valence-electron chi connectivity index (χ1n) is 12.5. The number of carbonyl (C=O) groups is 1. The topological polar surface area (TPSA) is 80.0 Å². The lowest BCUT2D eigenvalue weighted by molar-refractivity contribution is 0.0953. The van der Waals surface area contributed by atoms with Crippen molar-refractivity contribution in [3.8, 4) is 22.6 Å². The van der Waals surface area contributed by atoms with Crippen molar-refractivity contribution < 1.29 is 14.6 Å². The molecular weight excluding hydrogens is 464 g/mol. The zero-order valence-corrected chi connectivity index (χ0v) is 20.6. The van der Waals surface area contributed by atoms with E-state index in [0.717, 1.165) is 47.6 Å². The van der Waals surface area contributed by atoms with Gasteiger partial charge in [0.15, 0.2) is 0 Å². The zero-order chi connectivity index (χ0) is 25.4. The number of ether oxygens (including phenoxy) is 1. The molecule has 186 valence electrons. The Morgan fingerprint density at radius 3 is 2.54 bits per heavy atom. The van der Waals surface area contributed by atoms with Gasteiger partial charge in [0, 0.05) is 25.3 Å². The van der Waals surface area contributed by atoms with E-state index < -0.39 is 6.04 Å². The molecule has 6 rings (SSSR count). The molecule has 1 N–H and O–H groups in total. The minimum atomic E-state index is -0.614. The summed E-state index contributed by atoms with van der Waals surface area (Å²) in [6.45, 7) is 2.42. The zero-order valence-electron chi connectivity index (χ0n) is 20.6. The van der Waals surface area contributed by atoms with E-state index in [0.29, 0.717) is 17.9 Å². The Bertz CT molecular complexity index is 1460. The van der Waals surface area contributed by atoms with Gasteiger partial charge in [-0.15, -0.1) is 0 Å². The van der Waals surface area contributed by atoms with Gasteiger partial charge in [0.1, 0.15) is 29.5 Å². The third kappa shape index (κ3) is 4.48. The molecule has 7 heteroatoms. The molecule has 0 bridgehead atoms. The van der Waals surface area contributed by atoms with Crippen LogP contribution in [0.3, 0.4) is 0 Å². The summed E-state index contributed by atoms with van der Waals surface area (Å²) in [5, 5.41) is 9.90. The largest absolute Gasteiger partial charge is 0.497 e. The minimum absolute atomic E-state index is 0.0773. The molecule has 7 nitrogen and oxygen atoms in total. The number of aliphatic hydroxyl groups is 1. The number of Topliss-reactive ketones (excluding diaryl/α,β-unsaturated/α-hetero) is 1. The lowest BCUT2D eigenvalue weighted by Gasteiger charge is -2.19. The fraction of sp³-hybridized carbons (Fsp3) is 0.233. The van der Waals surface area contributed by atoms with Crippen molar-refractivity contribution in [2.24, 2.45) is 4.99 Å². The number of methoxy groups -OCH3 is 1. The van der Waals surface area contributed by atoms with E-state index in [1.165, 1.54) is 5.56 Å². The van der Waals surface area contributed by atoms with Gasteiger partial charge in [-0.2, -0.15) is 0 Å². The highest BCUT2D eigenvalue weighted by atomic mass is 16.5. The number of hydrogen-bond donors (Lipinski definition) is 1. The highest BCUT2D eigenvalue weighted by Crippen LogP contribution is 2.32. The van der Waals surface area contributed by atoms with Crippen LogP contribution >= 0.6 is 0 Å². The molecule has 2 aliphatic heterocycles. The Hall–Kier alpha value is -4.07. The number of imidazole rings is 1. The molecule has 4 aromatic rings. The van der Waals surface area contributed by atoms with Crippen molar-refractivity contribution in [2.45, 2.75) is 25.1 Å². The van der Waals surface area contributed by atoms with Crippen molar-refractivity contribution in [2.75, 3.05) is 20.2 Å². The maximum atomic E-state index is 13.6. The van der Waals surface area contributed by atoms with Crippen molar-refractivity contribution in [1.29, 1.82) is 0 Å². The number of fused-ring (bicyclic) bond motifs is 1. The maximum Gasteiger partial charge on any atom is 0.210 e. The summed E-state index contributed by atoms with van der Waals surface area (Å²) in [6.07, 6.45) is 3.95. The highest BCUT2D eigenvalue weighted by molar-refractivity contribution is 6.08. The monoisotopic (exact) mass is 492 g/mol. The van der Waals surface area contributed by atoms with Crippen LogP contribution in [-0.4, -0.2) is 57.9 Å². The summed E-state index contributed by atoms with van der Waals surface area (Å²) in [4.78, 5) is 24.8. The minimum Gasteiger partial charge on any atom is -0.497 e. The van der Waals surface area contributed by atoms with Crippen LogP contribution < -0.4 is 4.74 Å². The van der Waals surface area contributed by atoms with E-state index >= 15 is 0 Å². The number of aliphatic imine (C=N–C) groups is 1. The summed E-state index contributed by atoms with van der Waals surface area (Å²) in [5.74, 6) is 0.676. The first-order chi connectivity index (χ1) is 18.1. The number of carbonyl (C=O) groups excluding carboxylic acids is 1. The third-order valence-corrected chi connectivity index (χ3v) is 7.17. The van der Waals surface area contributed by atoms with Crippen molar-refractivity contribution in [3.05, 3.63) is 102 Å². The Kier molecular flexibility index (Phi) is 6.16. The molecule has 0 spiro atoms. The van der Waals surface area contributed by atoms with Crippen LogP contribution in [0.25, 0.3) is 16.8 Å². The molecule has 2 aliphatic rings. The van der Waals surface area contributed by atoms with Gasteiger partial charge in [0.25, 0.3) is 0 Å². The number of likely N-dealkylation sites (tertiary alicyclic amines) is 1. The molecule has 1 unspecified atom stereocenters. The van der Waals surface area contributed by atoms with E-state index in [9.17, 15) is 9.90 Å².